The summed E-state index contributed by atoms with van der Waals surface area (Å²) in [6, 6.07) is 4.11. The molecule has 0 radical (unpaired) electrons. The first-order valence-electron chi connectivity index (χ1n) is 8.64. The summed E-state index contributed by atoms with van der Waals surface area (Å²) in [7, 11) is 0. The number of H-pyrrole nitrogens is 1. The highest BCUT2D eigenvalue weighted by Gasteiger charge is 2.24. The Hall–Kier alpha value is -2.54. The molecule has 3 aromatic rings. The predicted octanol–water partition coefficient (Wildman–Crippen LogP) is 2.54. The van der Waals surface area contributed by atoms with E-state index >= 15 is 0 Å². The molecule has 0 bridgehead atoms. The van der Waals surface area contributed by atoms with Gasteiger partial charge in [0.1, 0.15) is 12.1 Å². The molecule has 0 aliphatic carbocycles. The molecule has 25 heavy (non-hydrogen) atoms. The lowest BCUT2D eigenvalue weighted by Crippen LogP contribution is -2.21. The summed E-state index contributed by atoms with van der Waals surface area (Å²) in [5, 5.41) is 11.1. The lowest BCUT2D eigenvalue weighted by Gasteiger charge is -2.14. The summed E-state index contributed by atoms with van der Waals surface area (Å²) in [4.78, 5) is 11.4. The summed E-state index contributed by atoms with van der Waals surface area (Å²) < 4.78 is 5.26. The van der Waals surface area contributed by atoms with Crippen LogP contribution in [0.2, 0.25) is 0 Å². The average molecular weight is 338 g/mol. The van der Waals surface area contributed by atoms with Crippen molar-refractivity contribution < 1.29 is 4.52 Å². The molecule has 0 aromatic carbocycles. The van der Waals surface area contributed by atoms with Crippen LogP contribution in [0.25, 0.3) is 11.3 Å². The highest BCUT2D eigenvalue weighted by atomic mass is 16.5. The van der Waals surface area contributed by atoms with Gasteiger partial charge in [0, 0.05) is 30.7 Å². The first kappa shape index (κ1) is 16.0. The van der Waals surface area contributed by atoms with E-state index in [-0.39, 0.29) is 0 Å². The molecular weight excluding hydrogens is 316 g/mol. The predicted molar refractivity (Wildman–Crippen MR) is 92.7 cm³/mol. The van der Waals surface area contributed by atoms with Gasteiger partial charge in [0.2, 0.25) is 0 Å². The first-order valence-corrected chi connectivity index (χ1v) is 8.64. The summed E-state index contributed by atoms with van der Waals surface area (Å²) in [5.74, 6) is 1.42. The van der Waals surface area contributed by atoms with Gasteiger partial charge >= 0.3 is 0 Å². The van der Waals surface area contributed by atoms with Crippen molar-refractivity contribution in [2.45, 2.75) is 33.2 Å². The fourth-order valence-electron chi connectivity index (χ4n) is 3.63. The van der Waals surface area contributed by atoms with E-state index in [2.05, 4.69) is 36.3 Å². The fraction of sp³-hybridized carbons (Fsp3) is 0.444. The second-order valence-electron chi connectivity index (χ2n) is 6.77. The van der Waals surface area contributed by atoms with Gasteiger partial charge < -0.3 is 4.52 Å². The lowest BCUT2D eigenvalue weighted by atomic mass is 10.0. The molecule has 1 aliphatic rings. The Balaban J connectivity index is 1.43. The van der Waals surface area contributed by atoms with Crippen molar-refractivity contribution in [2.24, 2.45) is 5.92 Å². The maximum Gasteiger partial charge on any atom is 0.143 e. The molecule has 0 amide bonds. The van der Waals surface area contributed by atoms with Gasteiger partial charge in [-0.25, -0.2) is 9.97 Å². The Bertz CT molecular complexity index is 822. The highest BCUT2D eigenvalue weighted by Crippen LogP contribution is 2.27. The summed E-state index contributed by atoms with van der Waals surface area (Å²) in [6.07, 6.45) is 5.62. The molecule has 1 saturated heterocycles. The quantitative estimate of drug-likeness (QED) is 0.769. The summed E-state index contributed by atoms with van der Waals surface area (Å²) >= 11 is 0. The van der Waals surface area contributed by atoms with Crippen molar-refractivity contribution >= 4 is 0 Å². The van der Waals surface area contributed by atoms with Crippen molar-refractivity contribution in [1.82, 2.24) is 30.2 Å². The van der Waals surface area contributed by atoms with Crippen molar-refractivity contribution in [2.75, 3.05) is 13.1 Å². The molecular formula is C18H22N6O. The number of nitrogens with zero attached hydrogens (tertiary/aromatic N) is 5. The number of hydrogen-bond acceptors (Lipinski definition) is 6. The van der Waals surface area contributed by atoms with Crippen LogP contribution in [0.5, 0.6) is 0 Å². The molecule has 3 aromatic heterocycles. The zero-order valence-electron chi connectivity index (χ0n) is 14.6. The van der Waals surface area contributed by atoms with Gasteiger partial charge in [0.05, 0.1) is 17.0 Å². The maximum absolute atomic E-state index is 5.26. The summed E-state index contributed by atoms with van der Waals surface area (Å²) in [6.45, 7) is 7.00. The van der Waals surface area contributed by atoms with Crippen molar-refractivity contribution in [3.8, 4) is 11.3 Å². The van der Waals surface area contributed by atoms with Crippen LogP contribution in [-0.4, -0.2) is 43.3 Å². The van der Waals surface area contributed by atoms with Crippen LogP contribution in [0.1, 0.15) is 29.3 Å². The third kappa shape index (κ3) is 3.46. The maximum atomic E-state index is 5.26. The third-order valence-electron chi connectivity index (χ3n) is 4.83. The van der Waals surface area contributed by atoms with Crippen LogP contribution in [0.15, 0.2) is 29.2 Å². The van der Waals surface area contributed by atoms with E-state index in [1.807, 2.05) is 19.9 Å². The van der Waals surface area contributed by atoms with Crippen molar-refractivity contribution in [3.05, 3.63) is 47.5 Å². The Labute approximate surface area is 146 Å². The zero-order valence-corrected chi connectivity index (χ0v) is 14.6. The van der Waals surface area contributed by atoms with Crippen LogP contribution in [-0.2, 0) is 13.0 Å². The van der Waals surface area contributed by atoms with Gasteiger partial charge in [-0.15, -0.1) is 0 Å². The number of nitrogens with one attached hydrogen (secondary N) is 1. The molecule has 4 heterocycles. The minimum Gasteiger partial charge on any atom is -0.361 e. The standard InChI is InChI=1S/C18H22N6O/c1-12-18(13(2)25-23-12)17-8-16(19-11-20-17)7-14-4-6-24(9-14)10-15-3-5-21-22-15/h3,5,8,11,14H,4,6-7,9-10H2,1-2H3,(H,21,22). The molecule has 0 saturated carbocycles. The van der Waals surface area contributed by atoms with Crippen LogP contribution in [0.3, 0.4) is 0 Å². The van der Waals surface area contributed by atoms with Gasteiger partial charge in [-0.05, 0) is 51.3 Å². The molecule has 4 rings (SSSR count). The van der Waals surface area contributed by atoms with Gasteiger partial charge in [0.25, 0.3) is 0 Å². The molecule has 7 heteroatoms. The number of aryl methyl sites for hydroxylation is 2. The Morgan fingerprint density at radius 2 is 2.24 bits per heavy atom. The Morgan fingerprint density at radius 1 is 1.32 bits per heavy atom. The van der Waals surface area contributed by atoms with E-state index in [9.17, 15) is 0 Å². The Kier molecular flexibility index (Phi) is 4.31. The molecule has 1 atom stereocenters. The van der Waals surface area contributed by atoms with Crippen LogP contribution in [0.4, 0.5) is 0 Å². The normalized spacial score (nSPS) is 18.1. The first-order chi connectivity index (χ1) is 12.2. The van der Waals surface area contributed by atoms with Gasteiger partial charge in [-0.3, -0.25) is 10.00 Å². The smallest absolute Gasteiger partial charge is 0.143 e. The van der Waals surface area contributed by atoms with Gasteiger partial charge in [-0.2, -0.15) is 5.10 Å². The summed E-state index contributed by atoms with van der Waals surface area (Å²) in [5.41, 5.74) is 5.00. The topological polar surface area (TPSA) is 83.7 Å². The largest absolute Gasteiger partial charge is 0.361 e. The van der Waals surface area contributed by atoms with E-state index in [1.165, 1.54) is 12.1 Å². The van der Waals surface area contributed by atoms with E-state index < -0.39 is 0 Å². The van der Waals surface area contributed by atoms with Gasteiger partial charge in [-0.1, -0.05) is 5.16 Å². The van der Waals surface area contributed by atoms with E-state index in [4.69, 9.17) is 4.52 Å². The minimum absolute atomic E-state index is 0.621. The second kappa shape index (κ2) is 6.76. The second-order valence-corrected chi connectivity index (χ2v) is 6.77. The lowest BCUT2D eigenvalue weighted by molar-refractivity contribution is 0.312. The van der Waals surface area contributed by atoms with Crippen molar-refractivity contribution in [3.63, 3.8) is 0 Å². The third-order valence-corrected chi connectivity index (χ3v) is 4.83. The SMILES string of the molecule is Cc1noc(C)c1-c1cc(CC2CCN(Cc3ccn[nH]3)C2)ncn1. The molecule has 7 nitrogen and oxygen atoms in total. The van der Waals surface area contributed by atoms with E-state index in [0.29, 0.717) is 5.92 Å². The zero-order chi connectivity index (χ0) is 17.2. The number of aromatic amines is 1. The Morgan fingerprint density at radius 3 is 3.00 bits per heavy atom. The molecule has 1 N–H and O–H groups in total. The average Bonchev–Trinajstić information content (AvgIpc) is 3.32. The molecule has 1 fully saturated rings. The molecule has 130 valence electrons. The van der Waals surface area contributed by atoms with Crippen LogP contribution in [0, 0.1) is 19.8 Å². The van der Waals surface area contributed by atoms with Crippen molar-refractivity contribution in [1.29, 1.82) is 0 Å². The number of hydrogen-bond donors (Lipinski definition) is 1. The molecule has 1 aliphatic heterocycles. The van der Waals surface area contributed by atoms with E-state index in [1.54, 1.807) is 12.5 Å². The van der Waals surface area contributed by atoms with Gasteiger partial charge in [0.15, 0.2) is 0 Å². The van der Waals surface area contributed by atoms with Crippen LogP contribution >= 0.6 is 0 Å². The fourth-order valence-corrected chi connectivity index (χ4v) is 3.63. The highest BCUT2D eigenvalue weighted by molar-refractivity contribution is 5.63. The minimum atomic E-state index is 0.621. The molecule has 1 unspecified atom stereocenters. The number of likely N-dealkylation sites (tertiary alicyclic amines) is 1. The number of aromatic nitrogens is 5. The molecule has 0 spiro atoms. The monoisotopic (exact) mass is 338 g/mol. The van der Waals surface area contributed by atoms with E-state index in [0.717, 1.165) is 54.5 Å². The number of rotatable bonds is 5. The van der Waals surface area contributed by atoms with Crippen LogP contribution < -0.4 is 0 Å².